The van der Waals surface area contributed by atoms with E-state index in [1.807, 2.05) is 13.0 Å². The second kappa shape index (κ2) is 8.98. The summed E-state index contributed by atoms with van der Waals surface area (Å²) in [5.74, 6) is -0.160. The molecule has 0 saturated carbocycles. The Morgan fingerprint density at radius 2 is 1.82 bits per heavy atom. The first-order valence-corrected chi connectivity index (χ1v) is 11.9. The van der Waals surface area contributed by atoms with E-state index in [2.05, 4.69) is 43.3 Å². The molecule has 0 spiro atoms. The number of rotatable bonds is 4. The Kier molecular flexibility index (Phi) is 5.89. The molecule has 1 aliphatic carbocycles. The number of benzene rings is 1. The number of aromatic amines is 1. The van der Waals surface area contributed by atoms with E-state index >= 15 is 0 Å². The van der Waals surface area contributed by atoms with Crippen molar-refractivity contribution >= 4 is 22.5 Å². The number of piperazine rings is 1. The van der Waals surface area contributed by atoms with Crippen molar-refractivity contribution in [1.29, 1.82) is 0 Å². The molecule has 1 saturated heterocycles. The van der Waals surface area contributed by atoms with Crippen molar-refractivity contribution in [3.8, 4) is 0 Å². The summed E-state index contributed by atoms with van der Waals surface area (Å²) in [6.45, 7) is 6.57. The van der Waals surface area contributed by atoms with Crippen molar-refractivity contribution in [3.63, 3.8) is 0 Å². The molecule has 172 valence electrons. The van der Waals surface area contributed by atoms with Gasteiger partial charge in [-0.05, 0) is 61.9 Å². The van der Waals surface area contributed by atoms with Gasteiger partial charge in [-0.3, -0.25) is 14.5 Å². The molecule has 2 N–H and O–H groups in total. The van der Waals surface area contributed by atoms with Gasteiger partial charge in [0.05, 0.1) is 11.4 Å². The quantitative estimate of drug-likeness (QED) is 0.646. The number of aryl methyl sites for hydroxylation is 2. The molecular weight excluding hydrogens is 414 g/mol. The van der Waals surface area contributed by atoms with Crippen LogP contribution in [0.4, 0.5) is 5.69 Å². The predicted octanol–water partition coefficient (Wildman–Crippen LogP) is 2.79. The maximum atomic E-state index is 12.6. The van der Waals surface area contributed by atoms with Crippen molar-refractivity contribution in [2.45, 2.75) is 39.2 Å². The summed E-state index contributed by atoms with van der Waals surface area (Å²) >= 11 is 0. The monoisotopic (exact) mass is 445 g/mol. The first-order chi connectivity index (χ1) is 16.0. The normalized spacial score (nSPS) is 16.6. The maximum absolute atomic E-state index is 12.6. The largest absolute Gasteiger partial charge is 0.368 e. The van der Waals surface area contributed by atoms with Crippen molar-refractivity contribution in [2.75, 3.05) is 38.1 Å². The van der Waals surface area contributed by atoms with Gasteiger partial charge in [0.25, 0.3) is 11.5 Å². The summed E-state index contributed by atoms with van der Waals surface area (Å²) in [5.41, 5.74) is 6.96. The van der Waals surface area contributed by atoms with E-state index in [4.69, 9.17) is 0 Å². The predicted molar refractivity (Wildman–Crippen MR) is 131 cm³/mol. The van der Waals surface area contributed by atoms with Gasteiger partial charge in [-0.25, -0.2) is 4.98 Å². The highest BCUT2D eigenvalue weighted by molar-refractivity contribution is 5.92. The van der Waals surface area contributed by atoms with Gasteiger partial charge < -0.3 is 15.2 Å². The average molecular weight is 446 g/mol. The SMILES string of the molecule is CNC(=O)c1ccc(N2CCN(Cc3ccc4c5c(c(=O)[nH]c4c3)CCCC5)CC2)c(C)n1. The summed E-state index contributed by atoms with van der Waals surface area (Å²) in [5, 5.41) is 3.83. The lowest BCUT2D eigenvalue weighted by molar-refractivity contribution is 0.0958. The van der Waals surface area contributed by atoms with Crippen LogP contribution in [0.25, 0.3) is 10.9 Å². The fourth-order valence-corrected chi connectivity index (χ4v) is 5.25. The van der Waals surface area contributed by atoms with Crippen molar-refractivity contribution < 1.29 is 4.79 Å². The number of H-pyrrole nitrogens is 1. The molecule has 1 fully saturated rings. The fourth-order valence-electron chi connectivity index (χ4n) is 5.25. The number of hydrogen-bond acceptors (Lipinski definition) is 5. The van der Waals surface area contributed by atoms with Gasteiger partial charge >= 0.3 is 0 Å². The average Bonchev–Trinajstić information content (AvgIpc) is 2.84. The van der Waals surface area contributed by atoms with Crippen LogP contribution in [-0.2, 0) is 19.4 Å². The molecule has 1 amide bonds. The summed E-state index contributed by atoms with van der Waals surface area (Å²) in [7, 11) is 1.62. The second-order valence-electron chi connectivity index (χ2n) is 9.14. The summed E-state index contributed by atoms with van der Waals surface area (Å²) < 4.78 is 0. The van der Waals surface area contributed by atoms with Crippen molar-refractivity contribution in [3.05, 3.63) is 68.8 Å². The third kappa shape index (κ3) is 4.25. The van der Waals surface area contributed by atoms with Gasteiger partial charge in [0.1, 0.15) is 5.69 Å². The first-order valence-electron chi connectivity index (χ1n) is 11.9. The van der Waals surface area contributed by atoms with E-state index in [0.717, 1.165) is 74.4 Å². The summed E-state index contributed by atoms with van der Waals surface area (Å²) in [6, 6.07) is 10.4. The Hall–Kier alpha value is -3.19. The van der Waals surface area contributed by atoms with Crippen LogP contribution < -0.4 is 15.8 Å². The number of nitrogens with zero attached hydrogens (tertiary/aromatic N) is 3. The van der Waals surface area contributed by atoms with Crippen molar-refractivity contribution in [1.82, 2.24) is 20.2 Å². The number of amides is 1. The molecule has 2 aliphatic rings. The third-order valence-corrected chi connectivity index (χ3v) is 7.04. The van der Waals surface area contributed by atoms with E-state index in [-0.39, 0.29) is 11.5 Å². The molecule has 33 heavy (non-hydrogen) atoms. The number of nitrogens with one attached hydrogen (secondary N) is 2. The zero-order valence-corrected chi connectivity index (χ0v) is 19.4. The molecule has 1 aliphatic heterocycles. The standard InChI is InChI=1S/C26H31N5O2/c1-17-24(10-9-22(28-17)26(33)27-2)31-13-11-30(12-14-31)16-18-7-8-20-19-5-3-4-6-21(19)25(32)29-23(20)15-18/h7-10,15H,3-6,11-14,16H2,1-2H3,(H,27,33)(H,29,32). The topological polar surface area (TPSA) is 81.3 Å². The number of anilines is 1. The Balaban J connectivity index is 1.27. The van der Waals surface area contributed by atoms with Crippen LogP contribution in [0.2, 0.25) is 0 Å². The molecule has 7 nitrogen and oxygen atoms in total. The molecule has 0 atom stereocenters. The van der Waals surface area contributed by atoms with Crippen LogP contribution in [0.15, 0.2) is 35.1 Å². The van der Waals surface area contributed by atoms with E-state index < -0.39 is 0 Å². The lowest BCUT2D eigenvalue weighted by Crippen LogP contribution is -2.46. The highest BCUT2D eigenvalue weighted by Gasteiger charge is 2.21. The van der Waals surface area contributed by atoms with Crippen LogP contribution in [0.3, 0.4) is 0 Å². The number of carbonyl (C=O) groups excluding carboxylic acids is 1. The molecule has 0 radical (unpaired) electrons. The molecule has 2 aromatic heterocycles. The van der Waals surface area contributed by atoms with E-state index in [1.54, 1.807) is 13.1 Å². The first kappa shape index (κ1) is 21.6. The van der Waals surface area contributed by atoms with Gasteiger partial charge in [0.15, 0.2) is 0 Å². The van der Waals surface area contributed by atoms with Gasteiger partial charge in [-0.2, -0.15) is 0 Å². The van der Waals surface area contributed by atoms with E-state index in [1.165, 1.54) is 22.9 Å². The highest BCUT2D eigenvalue weighted by atomic mass is 16.1. The minimum atomic E-state index is -0.160. The zero-order chi connectivity index (χ0) is 22.9. The van der Waals surface area contributed by atoms with E-state index in [0.29, 0.717) is 5.69 Å². The number of hydrogen-bond donors (Lipinski definition) is 2. The summed E-state index contributed by atoms with van der Waals surface area (Å²) in [6.07, 6.45) is 4.19. The number of aromatic nitrogens is 2. The van der Waals surface area contributed by atoms with Gasteiger partial charge in [0, 0.05) is 56.2 Å². The highest BCUT2D eigenvalue weighted by Crippen LogP contribution is 2.27. The number of pyridine rings is 2. The third-order valence-electron chi connectivity index (χ3n) is 7.04. The molecule has 7 heteroatoms. The molecule has 1 aromatic carbocycles. The molecule has 0 unspecified atom stereocenters. The van der Waals surface area contributed by atoms with Crippen LogP contribution in [-0.4, -0.2) is 54.0 Å². The minimum absolute atomic E-state index is 0.0920. The Bertz CT molecular complexity index is 1260. The molecule has 5 rings (SSSR count). The minimum Gasteiger partial charge on any atom is -0.368 e. The Labute approximate surface area is 193 Å². The number of carbonyl (C=O) groups is 1. The molecule has 3 aromatic rings. The summed E-state index contributed by atoms with van der Waals surface area (Å²) in [4.78, 5) is 36.8. The molecule has 0 bridgehead atoms. The smallest absolute Gasteiger partial charge is 0.269 e. The second-order valence-corrected chi connectivity index (χ2v) is 9.14. The van der Waals surface area contributed by atoms with Gasteiger partial charge in [-0.15, -0.1) is 0 Å². The maximum Gasteiger partial charge on any atom is 0.269 e. The Morgan fingerprint density at radius 3 is 2.55 bits per heavy atom. The molecular formula is C26H31N5O2. The van der Waals surface area contributed by atoms with Crippen LogP contribution in [0, 0.1) is 6.92 Å². The lowest BCUT2D eigenvalue weighted by atomic mass is 9.89. The zero-order valence-electron chi connectivity index (χ0n) is 19.4. The fraction of sp³-hybridized carbons (Fsp3) is 0.423. The van der Waals surface area contributed by atoms with Crippen LogP contribution >= 0.6 is 0 Å². The van der Waals surface area contributed by atoms with Gasteiger partial charge in [0.2, 0.25) is 0 Å². The lowest BCUT2D eigenvalue weighted by Gasteiger charge is -2.36. The van der Waals surface area contributed by atoms with Crippen LogP contribution in [0.5, 0.6) is 0 Å². The van der Waals surface area contributed by atoms with Gasteiger partial charge in [-0.1, -0.05) is 12.1 Å². The van der Waals surface area contributed by atoms with Crippen molar-refractivity contribution in [2.24, 2.45) is 0 Å². The van der Waals surface area contributed by atoms with Crippen LogP contribution in [0.1, 0.15) is 45.7 Å². The number of fused-ring (bicyclic) bond motifs is 3. The molecule has 3 heterocycles. The van der Waals surface area contributed by atoms with E-state index in [9.17, 15) is 9.59 Å². The Morgan fingerprint density at radius 1 is 1.06 bits per heavy atom.